The molecule has 2 aromatic carbocycles. The Morgan fingerprint density at radius 3 is 2.46 bits per heavy atom. The van der Waals surface area contributed by atoms with Crippen molar-refractivity contribution in [3.63, 3.8) is 0 Å². The van der Waals surface area contributed by atoms with Crippen molar-refractivity contribution in [3.8, 4) is 0 Å². The fourth-order valence-electron chi connectivity index (χ4n) is 4.22. The van der Waals surface area contributed by atoms with Crippen LogP contribution in [0.5, 0.6) is 0 Å². The quantitative estimate of drug-likeness (QED) is 0.854. The molecule has 0 saturated carbocycles. The lowest BCUT2D eigenvalue weighted by molar-refractivity contribution is -0.129. The van der Waals surface area contributed by atoms with Crippen LogP contribution in [0.1, 0.15) is 24.5 Å². The number of para-hydroxylation sites is 1. The van der Waals surface area contributed by atoms with Crippen molar-refractivity contribution in [1.29, 1.82) is 0 Å². The molecular formula is C20H20N2O2. The van der Waals surface area contributed by atoms with Gasteiger partial charge >= 0.3 is 0 Å². The lowest BCUT2D eigenvalue weighted by Gasteiger charge is -2.31. The molecule has 2 unspecified atom stereocenters. The van der Waals surface area contributed by atoms with Gasteiger partial charge in [-0.1, -0.05) is 48.5 Å². The van der Waals surface area contributed by atoms with E-state index < -0.39 is 5.41 Å². The number of fused-ring (bicyclic) bond motifs is 2. The van der Waals surface area contributed by atoms with Gasteiger partial charge in [0.2, 0.25) is 11.8 Å². The van der Waals surface area contributed by atoms with Crippen LogP contribution in [0, 0.1) is 0 Å². The van der Waals surface area contributed by atoms with Gasteiger partial charge in [0, 0.05) is 31.7 Å². The summed E-state index contributed by atoms with van der Waals surface area (Å²) in [6.07, 6.45) is 0.251. The van der Waals surface area contributed by atoms with Crippen molar-refractivity contribution in [3.05, 3.63) is 65.7 Å². The first kappa shape index (κ1) is 14.9. The number of carbonyl (C=O) groups excluding carboxylic acids is 2. The molecule has 0 aliphatic carbocycles. The van der Waals surface area contributed by atoms with Crippen LogP contribution in [-0.4, -0.2) is 29.8 Å². The maximum Gasteiger partial charge on any atom is 0.240 e. The van der Waals surface area contributed by atoms with Crippen LogP contribution in [0.4, 0.5) is 5.69 Å². The molecule has 2 aliphatic rings. The molecule has 2 amide bonds. The molecule has 0 radical (unpaired) electrons. The SMILES string of the molecule is CC1N(Cc2ccccc2)C(=O)CC12C(=O)N(C)c1ccccc12. The zero-order chi connectivity index (χ0) is 16.9. The van der Waals surface area contributed by atoms with E-state index >= 15 is 0 Å². The van der Waals surface area contributed by atoms with Crippen molar-refractivity contribution in [2.24, 2.45) is 0 Å². The third kappa shape index (κ3) is 1.86. The molecule has 0 bridgehead atoms. The molecular weight excluding hydrogens is 300 g/mol. The third-order valence-corrected chi connectivity index (χ3v) is 5.56. The number of hydrogen-bond donors (Lipinski definition) is 0. The molecule has 122 valence electrons. The highest BCUT2D eigenvalue weighted by atomic mass is 16.2. The number of hydrogen-bond acceptors (Lipinski definition) is 2. The molecule has 1 fully saturated rings. The second kappa shape index (κ2) is 5.20. The largest absolute Gasteiger partial charge is 0.334 e. The standard InChI is InChI=1S/C20H20N2O2/c1-14-20(16-10-6-7-11-17(16)21(2)19(20)24)12-18(23)22(14)13-15-8-4-3-5-9-15/h3-11,14H,12-13H2,1-2H3. The summed E-state index contributed by atoms with van der Waals surface area (Å²) in [6, 6.07) is 17.6. The van der Waals surface area contributed by atoms with Gasteiger partial charge in [0.05, 0.1) is 0 Å². The Bertz CT molecular complexity index is 817. The molecule has 4 rings (SSSR count). The molecule has 1 spiro atoms. The van der Waals surface area contributed by atoms with E-state index in [1.807, 2.05) is 66.4 Å². The van der Waals surface area contributed by atoms with Crippen LogP contribution in [0.3, 0.4) is 0 Å². The van der Waals surface area contributed by atoms with Crippen molar-refractivity contribution in [2.75, 3.05) is 11.9 Å². The lowest BCUT2D eigenvalue weighted by Crippen LogP contribution is -2.47. The molecule has 2 heterocycles. The minimum atomic E-state index is -0.753. The fraction of sp³-hybridized carbons (Fsp3) is 0.300. The van der Waals surface area contributed by atoms with Gasteiger partial charge in [-0.3, -0.25) is 9.59 Å². The van der Waals surface area contributed by atoms with Gasteiger partial charge in [-0.25, -0.2) is 0 Å². The first-order valence-corrected chi connectivity index (χ1v) is 8.27. The molecule has 4 nitrogen and oxygen atoms in total. The predicted octanol–water partition coefficient (Wildman–Crippen LogP) is 2.72. The van der Waals surface area contributed by atoms with E-state index in [-0.39, 0.29) is 24.3 Å². The Balaban J connectivity index is 1.76. The summed E-state index contributed by atoms with van der Waals surface area (Å²) in [5.74, 6) is 0.0740. The van der Waals surface area contributed by atoms with Crippen LogP contribution < -0.4 is 4.90 Å². The molecule has 24 heavy (non-hydrogen) atoms. The zero-order valence-corrected chi connectivity index (χ0v) is 13.9. The number of carbonyl (C=O) groups is 2. The molecule has 4 heteroatoms. The number of rotatable bonds is 2. The van der Waals surface area contributed by atoms with Gasteiger partial charge in [-0.2, -0.15) is 0 Å². The summed E-state index contributed by atoms with van der Waals surface area (Å²) in [7, 11) is 1.80. The summed E-state index contributed by atoms with van der Waals surface area (Å²) < 4.78 is 0. The van der Waals surface area contributed by atoms with E-state index in [0.717, 1.165) is 16.8 Å². The van der Waals surface area contributed by atoms with Crippen molar-refractivity contribution in [2.45, 2.75) is 31.3 Å². The number of nitrogens with zero attached hydrogens (tertiary/aromatic N) is 2. The van der Waals surface area contributed by atoms with Crippen LogP contribution >= 0.6 is 0 Å². The molecule has 2 aliphatic heterocycles. The highest BCUT2D eigenvalue weighted by Gasteiger charge is 2.60. The van der Waals surface area contributed by atoms with E-state index in [2.05, 4.69) is 0 Å². The summed E-state index contributed by atoms with van der Waals surface area (Å²) in [5, 5.41) is 0. The highest BCUT2D eigenvalue weighted by Crippen LogP contribution is 2.50. The predicted molar refractivity (Wildman–Crippen MR) is 92.6 cm³/mol. The number of benzene rings is 2. The summed E-state index contributed by atoms with van der Waals surface area (Å²) in [6.45, 7) is 2.55. The smallest absolute Gasteiger partial charge is 0.240 e. The van der Waals surface area contributed by atoms with E-state index in [1.165, 1.54) is 0 Å². The second-order valence-corrected chi connectivity index (χ2v) is 6.71. The van der Waals surface area contributed by atoms with Gasteiger partial charge in [-0.15, -0.1) is 0 Å². The van der Waals surface area contributed by atoms with E-state index in [9.17, 15) is 9.59 Å². The zero-order valence-electron chi connectivity index (χ0n) is 13.9. The summed E-state index contributed by atoms with van der Waals surface area (Å²) in [5.41, 5.74) is 2.23. The summed E-state index contributed by atoms with van der Waals surface area (Å²) in [4.78, 5) is 29.4. The maximum absolute atomic E-state index is 13.1. The van der Waals surface area contributed by atoms with Gasteiger partial charge < -0.3 is 9.80 Å². The minimum absolute atomic E-state index is 0.0279. The second-order valence-electron chi connectivity index (χ2n) is 6.71. The van der Waals surface area contributed by atoms with Crippen LogP contribution in [-0.2, 0) is 21.5 Å². The Kier molecular flexibility index (Phi) is 3.23. The Morgan fingerprint density at radius 1 is 1.04 bits per heavy atom. The van der Waals surface area contributed by atoms with E-state index in [1.54, 1.807) is 11.9 Å². The van der Waals surface area contributed by atoms with Crippen molar-refractivity contribution < 1.29 is 9.59 Å². The Morgan fingerprint density at radius 2 is 1.71 bits per heavy atom. The Labute approximate surface area is 141 Å². The molecule has 1 saturated heterocycles. The first-order valence-electron chi connectivity index (χ1n) is 8.27. The third-order valence-electron chi connectivity index (χ3n) is 5.56. The van der Waals surface area contributed by atoms with E-state index in [4.69, 9.17) is 0 Å². The summed E-state index contributed by atoms with van der Waals surface area (Å²) >= 11 is 0. The topological polar surface area (TPSA) is 40.6 Å². The molecule has 0 aromatic heterocycles. The molecule has 2 aromatic rings. The monoisotopic (exact) mass is 320 g/mol. The minimum Gasteiger partial charge on any atom is -0.334 e. The number of likely N-dealkylation sites (N-methyl/N-ethyl adjacent to an activating group) is 1. The highest BCUT2D eigenvalue weighted by molar-refractivity contribution is 6.11. The first-order chi connectivity index (χ1) is 11.6. The number of amides is 2. The van der Waals surface area contributed by atoms with Gasteiger partial charge in [-0.05, 0) is 24.1 Å². The van der Waals surface area contributed by atoms with Crippen LogP contribution in [0.25, 0.3) is 0 Å². The lowest BCUT2D eigenvalue weighted by atomic mass is 9.75. The van der Waals surface area contributed by atoms with Gasteiger partial charge in [0.25, 0.3) is 0 Å². The van der Waals surface area contributed by atoms with Gasteiger partial charge in [0.15, 0.2) is 0 Å². The molecule has 0 N–H and O–H groups in total. The maximum atomic E-state index is 13.1. The Hall–Kier alpha value is -2.62. The number of anilines is 1. The average Bonchev–Trinajstić information content (AvgIpc) is 2.98. The van der Waals surface area contributed by atoms with Gasteiger partial charge in [0.1, 0.15) is 5.41 Å². The number of likely N-dealkylation sites (tertiary alicyclic amines) is 1. The normalized spacial score (nSPS) is 25.7. The van der Waals surface area contributed by atoms with Crippen LogP contribution in [0.2, 0.25) is 0 Å². The van der Waals surface area contributed by atoms with Crippen molar-refractivity contribution in [1.82, 2.24) is 4.90 Å². The van der Waals surface area contributed by atoms with Crippen molar-refractivity contribution >= 4 is 17.5 Å². The average molecular weight is 320 g/mol. The fourth-order valence-corrected chi connectivity index (χ4v) is 4.22. The van der Waals surface area contributed by atoms with E-state index in [0.29, 0.717) is 6.54 Å². The molecule has 2 atom stereocenters. The van der Waals surface area contributed by atoms with Crippen LogP contribution in [0.15, 0.2) is 54.6 Å².